The van der Waals surface area contributed by atoms with Crippen LogP contribution in [0.3, 0.4) is 0 Å². The van der Waals surface area contributed by atoms with Crippen LogP contribution < -0.4 is 10.6 Å². The zero-order valence-corrected chi connectivity index (χ0v) is 15.5. The number of halogens is 2. The summed E-state index contributed by atoms with van der Waals surface area (Å²) in [5.74, 6) is -3.33. The lowest BCUT2D eigenvalue weighted by Gasteiger charge is -2.13. The molecular formula is C21H14ClFN2O4. The number of amides is 2. The zero-order chi connectivity index (χ0) is 21.0. The molecule has 0 saturated heterocycles. The standard InChI is InChI=1S/C21H14ClFN2O4/c22-12-9-10-18(15(11-12)21(28)29)25-20(27)14-6-2-4-8-17(14)24-19(26)13-5-1-3-7-16(13)23/h1-11H,(H,24,26)(H,25,27)(H,28,29). The van der Waals surface area contributed by atoms with E-state index in [1.807, 2.05) is 0 Å². The maximum atomic E-state index is 13.8. The molecule has 2 amide bonds. The predicted octanol–water partition coefficient (Wildman–Crippen LogP) is 4.68. The normalized spacial score (nSPS) is 10.3. The second-order valence-electron chi connectivity index (χ2n) is 5.93. The van der Waals surface area contributed by atoms with Crippen molar-refractivity contribution >= 4 is 40.8 Å². The van der Waals surface area contributed by atoms with Gasteiger partial charge in [-0.1, -0.05) is 35.9 Å². The van der Waals surface area contributed by atoms with Gasteiger partial charge in [0.1, 0.15) is 5.82 Å². The van der Waals surface area contributed by atoms with Crippen LogP contribution in [0.1, 0.15) is 31.1 Å². The minimum absolute atomic E-state index is 0.0436. The van der Waals surface area contributed by atoms with E-state index in [9.17, 15) is 23.9 Å². The molecule has 3 N–H and O–H groups in total. The van der Waals surface area contributed by atoms with E-state index in [1.165, 1.54) is 48.5 Å². The zero-order valence-electron chi connectivity index (χ0n) is 14.8. The quantitative estimate of drug-likeness (QED) is 0.567. The summed E-state index contributed by atoms with van der Waals surface area (Å²) in [4.78, 5) is 36.5. The summed E-state index contributed by atoms with van der Waals surface area (Å²) in [6, 6.07) is 15.6. The molecule has 29 heavy (non-hydrogen) atoms. The molecule has 0 unspecified atom stereocenters. The van der Waals surface area contributed by atoms with Gasteiger partial charge in [0.2, 0.25) is 0 Å². The highest BCUT2D eigenvalue weighted by molar-refractivity contribution is 6.31. The lowest BCUT2D eigenvalue weighted by molar-refractivity contribution is 0.0697. The van der Waals surface area contributed by atoms with Crippen molar-refractivity contribution in [1.29, 1.82) is 0 Å². The van der Waals surface area contributed by atoms with Gasteiger partial charge < -0.3 is 15.7 Å². The van der Waals surface area contributed by atoms with Gasteiger partial charge in [0.25, 0.3) is 11.8 Å². The highest BCUT2D eigenvalue weighted by atomic mass is 35.5. The van der Waals surface area contributed by atoms with E-state index in [2.05, 4.69) is 10.6 Å². The van der Waals surface area contributed by atoms with Crippen molar-refractivity contribution in [2.75, 3.05) is 10.6 Å². The third-order valence-corrected chi connectivity index (χ3v) is 4.23. The fraction of sp³-hybridized carbons (Fsp3) is 0. The van der Waals surface area contributed by atoms with Crippen LogP contribution in [0.25, 0.3) is 0 Å². The molecule has 146 valence electrons. The highest BCUT2D eigenvalue weighted by Gasteiger charge is 2.18. The molecule has 0 aromatic heterocycles. The van der Waals surface area contributed by atoms with Crippen molar-refractivity contribution in [2.24, 2.45) is 0 Å². The van der Waals surface area contributed by atoms with Crippen molar-refractivity contribution in [3.63, 3.8) is 0 Å². The summed E-state index contributed by atoms with van der Waals surface area (Å²) in [5, 5.41) is 14.5. The number of carboxylic acid groups (broad SMARTS) is 1. The molecule has 3 aromatic carbocycles. The Labute approximate surface area is 169 Å². The first kappa shape index (κ1) is 20.0. The maximum absolute atomic E-state index is 13.8. The minimum atomic E-state index is -1.26. The van der Waals surface area contributed by atoms with Crippen molar-refractivity contribution in [2.45, 2.75) is 0 Å². The number of anilines is 2. The maximum Gasteiger partial charge on any atom is 0.337 e. The smallest absolute Gasteiger partial charge is 0.337 e. The number of aromatic carboxylic acids is 1. The Kier molecular flexibility index (Phi) is 5.90. The van der Waals surface area contributed by atoms with E-state index >= 15 is 0 Å². The number of carbonyl (C=O) groups excluding carboxylic acids is 2. The summed E-state index contributed by atoms with van der Waals surface area (Å²) in [6.07, 6.45) is 0. The van der Waals surface area contributed by atoms with Gasteiger partial charge in [0.05, 0.1) is 28.1 Å². The average Bonchev–Trinajstić information content (AvgIpc) is 2.69. The van der Waals surface area contributed by atoms with Crippen molar-refractivity contribution in [3.8, 4) is 0 Å². The van der Waals surface area contributed by atoms with Crippen LogP contribution in [0.2, 0.25) is 5.02 Å². The predicted molar refractivity (Wildman–Crippen MR) is 107 cm³/mol. The van der Waals surface area contributed by atoms with Crippen LogP contribution in [-0.2, 0) is 0 Å². The fourth-order valence-electron chi connectivity index (χ4n) is 2.62. The number of hydrogen-bond acceptors (Lipinski definition) is 3. The first-order valence-electron chi connectivity index (χ1n) is 8.36. The van der Waals surface area contributed by atoms with E-state index in [-0.39, 0.29) is 33.1 Å². The topological polar surface area (TPSA) is 95.5 Å². The first-order chi connectivity index (χ1) is 13.9. The third kappa shape index (κ3) is 4.59. The summed E-state index contributed by atoms with van der Waals surface area (Å²) >= 11 is 5.81. The van der Waals surface area contributed by atoms with E-state index in [0.717, 1.165) is 6.07 Å². The van der Waals surface area contributed by atoms with Crippen molar-refractivity contribution in [1.82, 2.24) is 0 Å². The molecule has 0 bridgehead atoms. The monoisotopic (exact) mass is 412 g/mol. The lowest BCUT2D eigenvalue weighted by atomic mass is 10.1. The number of para-hydroxylation sites is 1. The summed E-state index contributed by atoms with van der Waals surface area (Å²) in [5.41, 5.74) is -0.0954. The Hall–Kier alpha value is -3.71. The SMILES string of the molecule is O=C(Nc1ccccc1C(=O)Nc1ccc(Cl)cc1C(=O)O)c1ccccc1F. The van der Waals surface area contributed by atoms with Gasteiger partial charge in [0.15, 0.2) is 0 Å². The van der Waals surface area contributed by atoms with Crippen LogP contribution in [0.4, 0.5) is 15.8 Å². The molecule has 0 radical (unpaired) electrons. The Balaban J connectivity index is 1.88. The summed E-state index contributed by atoms with van der Waals surface area (Å²) in [7, 11) is 0. The van der Waals surface area contributed by atoms with E-state index < -0.39 is 23.6 Å². The molecular weight excluding hydrogens is 399 g/mol. The Morgan fingerprint density at radius 3 is 1.97 bits per heavy atom. The molecule has 8 heteroatoms. The number of carbonyl (C=O) groups is 3. The van der Waals surface area contributed by atoms with Crippen LogP contribution in [-0.4, -0.2) is 22.9 Å². The minimum Gasteiger partial charge on any atom is -0.478 e. The summed E-state index contributed by atoms with van der Waals surface area (Å²) in [6.45, 7) is 0. The number of hydrogen-bond donors (Lipinski definition) is 3. The van der Waals surface area contributed by atoms with Gasteiger partial charge in [-0.15, -0.1) is 0 Å². The average molecular weight is 413 g/mol. The van der Waals surface area contributed by atoms with Crippen molar-refractivity contribution in [3.05, 3.63) is 94.3 Å². The fourth-order valence-corrected chi connectivity index (χ4v) is 2.79. The number of benzene rings is 3. The van der Waals surface area contributed by atoms with E-state index in [4.69, 9.17) is 11.6 Å². The Morgan fingerprint density at radius 2 is 1.31 bits per heavy atom. The molecule has 0 heterocycles. The van der Waals surface area contributed by atoms with Crippen LogP contribution in [0.15, 0.2) is 66.7 Å². The third-order valence-electron chi connectivity index (χ3n) is 4.00. The number of rotatable bonds is 5. The summed E-state index contributed by atoms with van der Waals surface area (Å²) < 4.78 is 13.8. The molecule has 0 atom stereocenters. The van der Waals surface area contributed by atoms with Crippen molar-refractivity contribution < 1.29 is 23.9 Å². The van der Waals surface area contributed by atoms with Gasteiger partial charge in [0, 0.05) is 5.02 Å². The molecule has 0 spiro atoms. The highest BCUT2D eigenvalue weighted by Crippen LogP contribution is 2.23. The molecule has 6 nitrogen and oxygen atoms in total. The molecule has 0 fully saturated rings. The van der Waals surface area contributed by atoms with Crippen LogP contribution in [0.5, 0.6) is 0 Å². The second-order valence-corrected chi connectivity index (χ2v) is 6.37. The number of nitrogens with one attached hydrogen (secondary N) is 2. The van der Waals surface area contributed by atoms with Crippen LogP contribution in [0, 0.1) is 5.82 Å². The second kappa shape index (κ2) is 8.53. The Morgan fingerprint density at radius 1 is 0.759 bits per heavy atom. The van der Waals surface area contributed by atoms with E-state index in [1.54, 1.807) is 12.1 Å². The van der Waals surface area contributed by atoms with Gasteiger partial charge >= 0.3 is 5.97 Å². The van der Waals surface area contributed by atoms with Gasteiger partial charge in [-0.25, -0.2) is 9.18 Å². The molecule has 3 rings (SSSR count). The molecule has 0 saturated carbocycles. The number of carboxylic acids is 1. The Bertz CT molecular complexity index is 1120. The van der Waals surface area contributed by atoms with Gasteiger partial charge in [-0.2, -0.15) is 0 Å². The first-order valence-corrected chi connectivity index (χ1v) is 8.73. The lowest BCUT2D eigenvalue weighted by Crippen LogP contribution is -2.19. The van der Waals surface area contributed by atoms with Gasteiger partial charge in [-0.05, 0) is 42.5 Å². The van der Waals surface area contributed by atoms with E-state index in [0.29, 0.717) is 0 Å². The molecule has 0 aliphatic carbocycles. The molecule has 0 aliphatic heterocycles. The molecule has 3 aromatic rings. The van der Waals surface area contributed by atoms with Gasteiger partial charge in [-0.3, -0.25) is 9.59 Å². The van der Waals surface area contributed by atoms with Crippen LogP contribution >= 0.6 is 11.6 Å². The molecule has 0 aliphatic rings. The largest absolute Gasteiger partial charge is 0.478 e.